The van der Waals surface area contributed by atoms with Gasteiger partial charge in [-0.15, -0.1) is 0 Å². The molecule has 3 heterocycles. The van der Waals surface area contributed by atoms with E-state index >= 15 is 0 Å². The van der Waals surface area contributed by atoms with Gasteiger partial charge in [-0.2, -0.15) is 0 Å². The molecule has 2 amide bonds. The van der Waals surface area contributed by atoms with Gasteiger partial charge in [-0.1, -0.05) is 0 Å². The number of ether oxygens (including phenoxy) is 1. The first-order valence-corrected chi connectivity index (χ1v) is 9.50. The van der Waals surface area contributed by atoms with Crippen molar-refractivity contribution in [2.45, 2.75) is 37.7 Å². The molecule has 8 heteroatoms. The highest BCUT2D eigenvalue weighted by Gasteiger charge is 2.54. The molecule has 1 aliphatic carbocycles. The minimum atomic E-state index is -0.578. The highest BCUT2D eigenvalue weighted by molar-refractivity contribution is 5.97. The first-order valence-electron chi connectivity index (χ1n) is 9.50. The van der Waals surface area contributed by atoms with Crippen LogP contribution in [0.4, 0.5) is 5.82 Å². The molecule has 0 radical (unpaired) electrons. The summed E-state index contributed by atoms with van der Waals surface area (Å²) in [6.07, 6.45) is 5.38. The number of hydrogen-bond acceptors (Lipinski definition) is 6. The maximum atomic E-state index is 13.1. The standard InChI is InChI=1S/C19H24N4O4/c20-16(25)13-4-3-7-21-17(13)22-8-10-23(11-9-22)18(26)14-12-15(24)27-19(14)5-1-2-6-19/h3-4,7,14H,1-2,5-6,8-12H2,(H2,20,25)/t14-/m1/s1. The summed E-state index contributed by atoms with van der Waals surface area (Å²) >= 11 is 0. The number of nitrogens with zero attached hydrogens (tertiary/aromatic N) is 3. The third kappa shape index (κ3) is 3.13. The smallest absolute Gasteiger partial charge is 0.307 e. The van der Waals surface area contributed by atoms with Gasteiger partial charge in [0.1, 0.15) is 11.4 Å². The zero-order chi connectivity index (χ0) is 19.0. The topological polar surface area (TPSA) is 106 Å². The third-order valence-electron chi connectivity index (χ3n) is 6.01. The van der Waals surface area contributed by atoms with Crippen LogP contribution in [0.25, 0.3) is 0 Å². The fourth-order valence-electron chi connectivity index (χ4n) is 4.63. The van der Waals surface area contributed by atoms with E-state index in [9.17, 15) is 14.4 Å². The molecule has 4 rings (SSSR count). The summed E-state index contributed by atoms with van der Waals surface area (Å²) in [5, 5.41) is 0. The Hall–Kier alpha value is -2.64. The lowest BCUT2D eigenvalue weighted by Gasteiger charge is -2.38. The van der Waals surface area contributed by atoms with Crippen molar-refractivity contribution in [1.29, 1.82) is 0 Å². The van der Waals surface area contributed by atoms with Gasteiger partial charge in [-0.05, 0) is 37.8 Å². The number of amides is 2. The van der Waals surface area contributed by atoms with Gasteiger partial charge in [-0.25, -0.2) is 4.98 Å². The van der Waals surface area contributed by atoms with E-state index in [4.69, 9.17) is 10.5 Å². The molecule has 8 nitrogen and oxygen atoms in total. The zero-order valence-electron chi connectivity index (χ0n) is 15.2. The first-order chi connectivity index (χ1) is 13.0. The average molecular weight is 372 g/mol. The Bertz CT molecular complexity index is 767. The summed E-state index contributed by atoms with van der Waals surface area (Å²) in [6, 6.07) is 3.34. The van der Waals surface area contributed by atoms with E-state index in [1.165, 1.54) is 0 Å². The normalized spacial score (nSPS) is 24.3. The fraction of sp³-hybridized carbons (Fsp3) is 0.579. The van der Waals surface area contributed by atoms with Crippen LogP contribution in [-0.4, -0.2) is 59.4 Å². The zero-order valence-corrected chi connectivity index (χ0v) is 15.2. The van der Waals surface area contributed by atoms with Gasteiger partial charge >= 0.3 is 5.97 Å². The van der Waals surface area contributed by atoms with Crippen molar-refractivity contribution in [3.63, 3.8) is 0 Å². The number of carbonyl (C=O) groups excluding carboxylic acids is 3. The predicted molar refractivity (Wildman–Crippen MR) is 96.9 cm³/mol. The SMILES string of the molecule is NC(=O)c1cccnc1N1CCN(C(=O)[C@H]2CC(=O)OC23CCCC3)CC1. The van der Waals surface area contributed by atoms with Crippen LogP contribution in [0.2, 0.25) is 0 Å². The van der Waals surface area contributed by atoms with Crippen molar-refractivity contribution < 1.29 is 19.1 Å². The number of pyridine rings is 1. The van der Waals surface area contributed by atoms with Crippen molar-refractivity contribution in [3.05, 3.63) is 23.9 Å². The lowest BCUT2D eigenvalue weighted by atomic mass is 9.84. The van der Waals surface area contributed by atoms with E-state index < -0.39 is 11.5 Å². The van der Waals surface area contributed by atoms with Crippen LogP contribution in [-0.2, 0) is 14.3 Å². The monoisotopic (exact) mass is 372 g/mol. The molecule has 144 valence electrons. The van der Waals surface area contributed by atoms with E-state index in [1.807, 2.05) is 9.80 Å². The Morgan fingerprint density at radius 2 is 1.89 bits per heavy atom. The molecule has 1 atom stereocenters. The number of primary amides is 1. The lowest BCUT2D eigenvalue weighted by molar-refractivity contribution is -0.151. The van der Waals surface area contributed by atoms with Crippen molar-refractivity contribution in [1.82, 2.24) is 9.88 Å². The summed E-state index contributed by atoms with van der Waals surface area (Å²) in [5.41, 5.74) is 5.25. The molecule has 0 unspecified atom stereocenters. The lowest BCUT2D eigenvalue weighted by Crippen LogP contribution is -2.53. The quantitative estimate of drug-likeness (QED) is 0.783. The van der Waals surface area contributed by atoms with E-state index in [1.54, 1.807) is 18.3 Å². The largest absolute Gasteiger partial charge is 0.458 e. The number of nitrogens with two attached hydrogens (primary N) is 1. The minimum absolute atomic E-state index is 0.0125. The third-order valence-corrected chi connectivity index (χ3v) is 6.01. The number of esters is 1. The molecule has 0 aromatic carbocycles. The van der Waals surface area contributed by atoms with E-state index in [0.717, 1.165) is 25.7 Å². The van der Waals surface area contributed by atoms with Gasteiger partial charge in [0.05, 0.1) is 17.9 Å². The molecular weight excluding hydrogens is 348 g/mol. The van der Waals surface area contributed by atoms with Gasteiger partial charge < -0.3 is 20.3 Å². The van der Waals surface area contributed by atoms with Gasteiger partial charge in [-0.3, -0.25) is 14.4 Å². The molecule has 2 aliphatic heterocycles. The average Bonchev–Trinajstić information content (AvgIpc) is 3.28. The molecule has 0 bridgehead atoms. The maximum absolute atomic E-state index is 13.1. The Labute approximate surface area is 157 Å². The summed E-state index contributed by atoms with van der Waals surface area (Å²) in [7, 11) is 0. The van der Waals surface area contributed by atoms with Crippen LogP contribution in [0.3, 0.4) is 0 Å². The number of aromatic nitrogens is 1. The van der Waals surface area contributed by atoms with Crippen LogP contribution in [0.5, 0.6) is 0 Å². The summed E-state index contributed by atoms with van der Waals surface area (Å²) in [5.74, 6) is -0.563. The molecule has 1 aromatic rings. The minimum Gasteiger partial charge on any atom is -0.458 e. The molecule has 1 spiro atoms. The Kier molecular flexibility index (Phi) is 4.49. The van der Waals surface area contributed by atoms with Gasteiger partial charge in [0.2, 0.25) is 5.91 Å². The van der Waals surface area contributed by atoms with Crippen LogP contribution in [0.15, 0.2) is 18.3 Å². The molecule has 1 saturated carbocycles. The first kappa shape index (κ1) is 17.8. The predicted octanol–water partition coefficient (Wildman–Crippen LogP) is 0.705. The van der Waals surface area contributed by atoms with E-state index in [0.29, 0.717) is 37.6 Å². The molecular formula is C19H24N4O4. The highest BCUT2D eigenvalue weighted by atomic mass is 16.6. The van der Waals surface area contributed by atoms with Crippen LogP contribution < -0.4 is 10.6 Å². The van der Waals surface area contributed by atoms with Gasteiger partial charge in [0, 0.05) is 32.4 Å². The highest BCUT2D eigenvalue weighted by Crippen LogP contribution is 2.46. The summed E-state index contributed by atoms with van der Waals surface area (Å²) in [4.78, 5) is 44.7. The fourth-order valence-corrected chi connectivity index (χ4v) is 4.63. The second kappa shape index (κ2) is 6.83. The molecule has 1 aromatic heterocycles. The van der Waals surface area contributed by atoms with Crippen molar-refractivity contribution in [2.24, 2.45) is 11.7 Å². The second-order valence-corrected chi connectivity index (χ2v) is 7.55. The molecule has 2 saturated heterocycles. The van der Waals surface area contributed by atoms with Crippen LogP contribution >= 0.6 is 0 Å². The Morgan fingerprint density at radius 3 is 2.56 bits per heavy atom. The van der Waals surface area contributed by atoms with Gasteiger partial charge in [0.15, 0.2) is 0 Å². The number of anilines is 1. The summed E-state index contributed by atoms with van der Waals surface area (Å²) in [6.45, 7) is 2.18. The number of piperazine rings is 1. The molecule has 3 fully saturated rings. The van der Waals surface area contributed by atoms with Crippen molar-refractivity contribution in [2.75, 3.05) is 31.1 Å². The summed E-state index contributed by atoms with van der Waals surface area (Å²) < 4.78 is 5.61. The Balaban J connectivity index is 1.44. The molecule has 2 N–H and O–H groups in total. The van der Waals surface area contributed by atoms with E-state index in [-0.39, 0.29) is 24.2 Å². The number of hydrogen-bond donors (Lipinski definition) is 1. The van der Waals surface area contributed by atoms with Crippen molar-refractivity contribution in [3.8, 4) is 0 Å². The second-order valence-electron chi connectivity index (χ2n) is 7.55. The molecule has 27 heavy (non-hydrogen) atoms. The number of carbonyl (C=O) groups is 3. The van der Waals surface area contributed by atoms with Crippen LogP contribution in [0, 0.1) is 5.92 Å². The van der Waals surface area contributed by atoms with Crippen molar-refractivity contribution >= 4 is 23.6 Å². The van der Waals surface area contributed by atoms with Crippen LogP contribution in [0.1, 0.15) is 42.5 Å². The Morgan fingerprint density at radius 1 is 1.19 bits per heavy atom. The van der Waals surface area contributed by atoms with Gasteiger partial charge in [0.25, 0.3) is 5.91 Å². The van der Waals surface area contributed by atoms with E-state index in [2.05, 4.69) is 4.98 Å². The molecule has 3 aliphatic rings. The number of rotatable bonds is 3. The maximum Gasteiger partial charge on any atom is 0.307 e.